The Labute approximate surface area is 107 Å². The summed E-state index contributed by atoms with van der Waals surface area (Å²) in [6.45, 7) is 6.52. The van der Waals surface area contributed by atoms with Gasteiger partial charge in [-0.25, -0.2) is 4.99 Å². The van der Waals surface area contributed by atoms with Gasteiger partial charge in [0.05, 0.1) is 13.7 Å². The van der Waals surface area contributed by atoms with E-state index in [1.165, 1.54) is 0 Å². The first kappa shape index (κ1) is 13.9. The number of guanidine groups is 1. The third-order valence-electron chi connectivity index (χ3n) is 2.28. The molecule has 0 amide bonds. The fourth-order valence-corrected chi connectivity index (χ4v) is 1.28. The predicted octanol–water partition coefficient (Wildman–Crippen LogP) is 1.38. The Morgan fingerprint density at radius 3 is 2.89 bits per heavy atom. The second kappa shape index (κ2) is 6.54. The number of nitrogens with one attached hydrogen (secondary N) is 1. The average Bonchev–Trinajstić information content (AvgIpc) is 2.35. The maximum Gasteiger partial charge on any atom is 0.189 e. The summed E-state index contributed by atoms with van der Waals surface area (Å²) in [6, 6.07) is 4.98. The SMILES string of the molecule is C=C(C)CNC(N)=NCc1cc(OC)ccc1O. The van der Waals surface area contributed by atoms with Gasteiger partial charge in [-0.2, -0.15) is 0 Å². The van der Waals surface area contributed by atoms with Gasteiger partial charge in [-0.1, -0.05) is 12.2 Å². The van der Waals surface area contributed by atoms with E-state index in [1.54, 1.807) is 25.3 Å². The maximum absolute atomic E-state index is 9.66. The fraction of sp³-hybridized carbons (Fsp3) is 0.308. The van der Waals surface area contributed by atoms with Gasteiger partial charge >= 0.3 is 0 Å². The maximum atomic E-state index is 9.66. The first-order valence-electron chi connectivity index (χ1n) is 5.57. The molecular formula is C13H19N3O2. The van der Waals surface area contributed by atoms with Crippen molar-refractivity contribution in [1.29, 1.82) is 0 Å². The molecule has 18 heavy (non-hydrogen) atoms. The molecule has 0 bridgehead atoms. The van der Waals surface area contributed by atoms with Gasteiger partial charge in [0.1, 0.15) is 11.5 Å². The molecule has 4 N–H and O–H groups in total. The molecule has 5 nitrogen and oxygen atoms in total. The zero-order chi connectivity index (χ0) is 13.5. The number of hydrogen-bond acceptors (Lipinski definition) is 3. The Hall–Kier alpha value is -2.17. The number of phenols is 1. The Kier molecular flexibility index (Phi) is 5.05. The van der Waals surface area contributed by atoms with E-state index in [4.69, 9.17) is 10.5 Å². The van der Waals surface area contributed by atoms with Crippen molar-refractivity contribution in [3.63, 3.8) is 0 Å². The minimum atomic E-state index is 0.173. The molecule has 0 fully saturated rings. The highest BCUT2D eigenvalue weighted by molar-refractivity contribution is 5.78. The minimum absolute atomic E-state index is 0.173. The molecule has 0 saturated carbocycles. The minimum Gasteiger partial charge on any atom is -0.508 e. The van der Waals surface area contributed by atoms with E-state index in [-0.39, 0.29) is 12.3 Å². The standard InChI is InChI=1S/C13H19N3O2/c1-9(2)7-15-13(14)16-8-10-6-11(18-3)4-5-12(10)17/h4-6,17H,1,7-8H2,2-3H3,(H3,14,15,16). The molecule has 98 valence electrons. The monoisotopic (exact) mass is 249 g/mol. The van der Waals surface area contributed by atoms with Crippen molar-refractivity contribution in [2.24, 2.45) is 10.7 Å². The Balaban J connectivity index is 2.66. The molecule has 0 radical (unpaired) electrons. The highest BCUT2D eigenvalue weighted by Crippen LogP contribution is 2.23. The number of methoxy groups -OCH3 is 1. The van der Waals surface area contributed by atoms with Crippen molar-refractivity contribution >= 4 is 5.96 Å². The molecule has 0 aromatic heterocycles. The first-order valence-corrected chi connectivity index (χ1v) is 5.57. The molecule has 1 aromatic rings. The normalized spacial score (nSPS) is 11.1. The molecule has 0 unspecified atom stereocenters. The van der Waals surface area contributed by atoms with E-state index in [0.717, 1.165) is 5.57 Å². The van der Waals surface area contributed by atoms with Crippen LogP contribution in [0.25, 0.3) is 0 Å². The van der Waals surface area contributed by atoms with Crippen molar-refractivity contribution in [2.75, 3.05) is 13.7 Å². The molecule has 0 aliphatic heterocycles. The van der Waals surface area contributed by atoms with E-state index in [2.05, 4.69) is 16.9 Å². The molecule has 0 atom stereocenters. The zero-order valence-corrected chi connectivity index (χ0v) is 10.7. The highest BCUT2D eigenvalue weighted by Gasteiger charge is 2.02. The molecule has 0 aliphatic carbocycles. The van der Waals surface area contributed by atoms with Gasteiger partial charge in [0.25, 0.3) is 0 Å². The number of hydrogen-bond donors (Lipinski definition) is 3. The summed E-state index contributed by atoms with van der Waals surface area (Å²) in [7, 11) is 1.57. The van der Waals surface area contributed by atoms with Crippen LogP contribution in [-0.2, 0) is 6.54 Å². The van der Waals surface area contributed by atoms with Crippen LogP contribution in [-0.4, -0.2) is 24.7 Å². The van der Waals surface area contributed by atoms with Crippen LogP contribution in [0.1, 0.15) is 12.5 Å². The summed E-state index contributed by atoms with van der Waals surface area (Å²) in [5.74, 6) is 1.17. The van der Waals surface area contributed by atoms with Crippen molar-refractivity contribution in [1.82, 2.24) is 5.32 Å². The van der Waals surface area contributed by atoms with Crippen LogP contribution in [0, 0.1) is 0 Å². The second-order valence-electron chi connectivity index (χ2n) is 4.01. The predicted molar refractivity (Wildman–Crippen MR) is 72.8 cm³/mol. The Bertz CT molecular complexity index is 456. The van der Waals surface area contributed by atoms with Gasteiger partial charge in [-0.15, -0.1) is 0 Å². The smallest absolute Gasteiger partial charge is 0.189 e. The van der Waals surface area contributed by atoms with Crippen LogP contribution < -0.4 is 15.8 Å². The number of nitrogens with zero attached hydrogens (tertiary/aromatic N) is 1. The van der Waals surface area contributed by atoms with Crippen molar-refractivity contribution in [2.45, 2.75) is 13.5 Å². The van der Waals surface area contributed by atoms with Gasteiger partial charge in [0.15, 0.2) is 5.96 Å². The molecule has 0 aliphatic rings. The van der Waals surface area contributed by atoms with Crippen molar-refractivity contribution < 1.29 is 9.84 Å². The van der Waals surface area contributed by atoms with Crippen LogP contribution >= 0.6 is 0 Å². The summed E-state index contributed by atoms with van der Waals surface area (Å²) in [4.78, 5) is 4.13. The van der Waals surface area contributed by atoms with Gasteiger partial charge in [0, 0.05) is 12.1 Å². The summed E-state index contributed by atoms with van der Waals surface area (Å²) < 4.78 is 5.08. The van der Waals surface area contributed by atoms with Crippen LogP contribution in [0.3, 0.4) is 0 Å². The van der Waals surface area contributed by atoms with Gasteiger partial charge in [-0.3, -0.25) is 0 Å². The first-order chi connectivity index (χ1) is 8.52. The number of aliphatic imine (C=N–C) groups is 1. The van der Waals surface area contributed by atoms with Gasteiger partial charge < -0.3 is 20.9 Å². The number of rotatable bonds is 5. The van der Waals surface area contributed by atoms with Crippen molar-refractivity contribution in [3.05, 3.63) is 35.9 Å². The Morgan fingerprint density at radius 1 is 1.56 bits per heavy atom. The van der Waals surface area contributed by atoms with Crippen LogP contribution in [0.5, 0.6) is 11.5 Å². The lowest BCUT2D eigenvalue weighted by atomic mass is 10.2. The molecule has 1 rings (SSSR count). The topological polar surface area (TPSA) is 79.9 Å². The number of ether oxygens (including phenoxy) is 1. The summed E-state index contributed by atoms with van der Waals surface area (Å²) in [5, 5.41) is 12.6. The van der Waals surface area contributed by atoms with Crippen LogP contribution in [0.2, 0.25) is 0 Å². The van der Waals surface area contributed by atoms with Gasteiger partial charge in [0.2, 0.25) is 0 Å². The summed E-state index contributed by atoms with van der Waals surface area (Å²) >= 11 is 0. The number of benzene rings is 1. The Morgan fingerprint density at radius 2 is 2.28 bits per heavy atom. The van der Waals surface area contributed by atoms with Crippen molar-refractivity contribution in [3.8, 4) is 11.5 Å². The number of nitrogens with two attached hydrogens (primary N) is 1. The number of aromatic hydroxyl groups is 1. The lowest BCUT2D eigenvalue weighted by Crippen LogP contribution is -2.32. The molecule has 0 heterocycles. The van der Waals surface area contributed by atoms with E-state index < -0.39 is 0 Å². The molecule has 5 heteroatoms. The lowest BCUT2D eigenvalue weighted by molar-refractivity contribution is 0.411. The molecule has 0 saturated heterocycles. The molecule has 0 spiro atoms. The second-order valence-corrected chi connectivity index (χ2v) is 4.01. The fourth-order valence-electron chi connectivity index (χ4n) is 1.28. The number of phenolic OH excluding ortho intramolecular Hbond substituents is 1. The van der Waals surface area contributed by atoms with Crippen LogP contribution in [0.4, 0.5) is 0 Å². The van der Waals surface area contributed by atoms with Gasteiger partial charge in [-0.05, 0) is 25.1 Å². The molecular weight excluding hydrogens is 230 g/mol. The zero-order valence-electron chi connectivity index (χ0n) is 10.7. The largest absolute Gasteiger partial charge is 0.508 e. The van der Waals surface area contributed by atoms with E-state index in [0.29, 0.717) is 23.8 Å². The quantitative estimate of drug-likeness (QED) is 0.418. The summed E-state index contributed by atoms with van der Waals surface area (Å²) in [5.41, 5.74) is 7.31. The third-order valence-corrected chi connectivity index (χ3v) is 2.28. The molecule has 1 aromatic carbocycles. The van der Waals surface area contributed by atoms with Crippen LogP contribution in [0.15, 0.2) is 35.3 Å². The summed E-state index contributed by atoms with van der Waals surface area (Å²) in [6.07, 6.45) is 0. The van der Waals surface area contributed by atoms with E-state index in [1.807, 2.05) is 6.92 Å². The average molecular weight is 249 g/mol. The lowest BCUT2D eigenvalue weighted by Gasteiger charge is -2.07. The van der Waals surface area contributed by atoms with E-state index >= 15 is 0 Å². The van der Waals surface area contributed by atoms with E-state index in [9.17, 15) is 5.11 Å². The highest BCUT2D eigenvalue weighted by atomic mass is 16.5. The third kappa shape index (κ3) is 4.37.